The Balaban J connectivity index is 1.34. The summed E-state index contributed by atoms with van der Waals surface area (Å²) in [5.74, 6) is 2.80. The lowest BCUT2D eigenvalue weighted by Crippen LogP contribution is -2.23. The first-order valence-corrected chi connectivity index (χ1v) is 7.93. The normalized spacial score (nSPS) is 24.2. The lowest BCUT2D eigenvalue weighted by Gasteiger charge is -2.28. The average Bonchev–Trinajstić information content (AvgIpc) is 2.72. The van der Waals surface area contributed by atoms with Crippen LogP contribution in [0.15, 0.2) is 24.3 Å². The lowest BCUT2D eigenvalue weighted by molar-refractivity contribution is -0.114. The highest BCUT2D eigenvalue weighted by molar-refractivity contribution is 5.88. The van der Waals surface area contributed by atoms with E-state index in [9.17, 15) is 4.79 Å². The van der Waals surface area contributed by atoms with Crippen LogP contribution in [0.2, 0.25) is 0 Å². The number of nitrogens with zero attached hydrogens (tertiary/aromatic N) is 1. The minimum absolute atomic E-state index is 0.0525. The number of carbonyl (C=O) groups is 1. The molecule has 1 aliphatic carbocycles. The summed E-state index contributed by atoms with van der Waals surface area (Å²) in [5.41, 5.74) is 0.808. The molecule has 1 aromatic rings. The number of nitrogens with one attached hydrogen (secondary N) is 1. The molecule has 4 nitrogen and oxygen atoms in total. The summed E-state index contributed by atoms with van der Waals surface area (Å²) in [4.78, 5) is 13.5. The van der Waals surface area contributed by atoms with E-state index >= 15 is 0 Å². The van der Waals surface area contributed by atoms with Gasteiger partial charge in [-0.1, -0.05) is 0 Å². The van der Waals surface area contributed by atoms with E-state index in [1.807, 2.05) is 24.3 Å². The van der Waals surface area contributed by atoms with Gasteiger partial charge in [-0.2, -0.15) is 0 Å². The van der Waals surface area contributed by atoms with Crippen molar-refractivity contribution in [1.29, 1.82) is 0 Å². The Morgan fingerprint density at radius 2 is 1.90 bits per heavy atom. The molecule has 2 fully saturated rings. The Hall–Kier alpha value is -1.55. The number of anilines is 1. The number of rotatable bonds is 6. The summed E-state index contributed by atoms with van der Waals surface area (Å²) in [6, 6.07) is 7.55. The zero-order chi connectivity index (χ0) is 14.7. The number of fused-ring (bicyclic) bond motifs is 1. The molecule has 3 rings (SSSR count). The van der Waals surface area contributed by atoms with E-state index in [2.05, 4.69) is 10.2 Å². The first kappa shape index (κ1) is 14.4. The van der Waals surface area contributed by atoms with Crippen molar-refractivity contribution in [3.05, 3.63) is 24.3 Å². The van der Waals surface area contributed by atoms with Crippen LogP contribution in [0.4, 0.5) is 5.69 Å². The Kier molecular flexibility index (Phi) is 4.44. The Morgan fingerprint density at radius 3 is 2.48 bits per heavy atom. The predicted octanol–water partition coefficient (Wildman–Crippen LogP) is 2.76. The Bertz CT molecular complexity index is 474. The van der Waals surface area contributed by atoms with Gasteiger partial charge in [0.05, 0.1) is 6.61 Å². The zero-order valence-electron chi connectivity index (χ0n) is 12.7. The second-order valence-electron chi connectivity index (χ2n) is 6.26. The minimum Gasteiger partial charge on any atom is -0.494 e. The Labute approximate surface area is 126 Å². The molecule has 0 bridgehead atoms. The number of hydrogen-bond donors (Lipinski definition) is 1. The predicted molar refractivity (Wildman–Crippen MR) is 83.5 cm³/mol. The highest BCUT2D eigenvalue weighted by Gasteiger charge is 2.38. The van der Waals surface area contributed by atoms with Gasteiger partial charge in [0.15, 0.2) is 0 Å². The van der Waals surface area contributed by atoms with Crippen LogP contribution in [0.5, 0.6) is 5.75 Å². The smallest absolute Gasteiger partial charge is 0.221 e. The van der Waals surface area contributed by atoms with Crippen LogP contribution in [0, 0.1) is 11.8 Å². The molecule has 4 heteroatoms. The van der Waals surface area contributed by atoms with Gasteiger partial charge in [0, 0.05) is 32.2 Å². The molecule has 1 heterocycles. The van der Waals surface area contributed by atoms with Crippen LogP contribution in [0.1, 0.15) is 26.2 Å². The molecule has 114 valence electrons. The van der Waals surface area contributed by atoms with Gasteiger partial charge in [0.1, 0.15) is 5.75 Å². The first-order valence-electron chi connectivity index (χ1n) is 7.93. The van der Waals surface area contributed by atoms with Crippen molar-refractivity contribution in [2.75, 3.05) is 31.6 Å². The number of benzene rings is 1. The highest BCUT2D eigenvalue weighted by atomic mass is 16.5. The first-order chi connectivity index (χ1) is 10.2. The summed E-state index contributed by atoms with van der Waals surface area (Å²) < 4.78 is 5.76. The van der Waals surface area contributed by atoms with Crippen molar-refractivity contribution in [1.82, 2.24) is 4.90 Å². The maximum absolute atomic E-state index is 10.9. The molecule has 0 unspecified atom stereocenters. The van der Waals surface area contributed by atoms with Crippen molar-refractivity contribution in [2.24, 2.45) is 11.8 Å². The summed E-state index contributed by atoms with van der Waals surface area (Å²) in [6.45, 7) is 6.02. The summed E-state index contributed by atoms with van der Waals surface area (Å²) in [5, 5.41) is 2.75. The number of likely N-dealkylation sites (tertiary alicyclic amines) is 1. The fraction of sp³-hybridized carbons (Fsp3) is 0.588. The van der Waals surface area contributed by atoms with Gasteiger partial charge < -0.3 is 15.0 Å². The maximum Gasteiger partial charge on any atom is 0.221 e. The van der Waals surface area contributed by atoms with Crippen LogP contribution in [0.25, 0.3) is 0 Å². The molecule has 0 aromatic heterocycles. The van der Waals surface area contributed by atoms with Crippen molar-refractivity contribution >= 4 is 11.6 Å². The van der Waals surface area contributed by atoms with Crippen LogP contribution in [-0.2, 0) is 4.79 Å². The van der Waals surface area contributed by atoms with Gasteiger partial charge in [-0.05, 0) is 55.4 Å². The second-order valence-corrected chi connectivity index (χ2v) is 6.26. The zero-order valence-corrected chi connectivity index (χ0v) is 12.7. The molecule has 21 heavy (non-hydrogen) atoms. The number of ether oxygens (including phenoxy) is 1. The third-order valence-electron chi connectivity index (χ3n) is 4.62. The molecule has 0 radical (unpaired) electrons. The van der Waals surface area contributed by atoms with Crippen molar-refractivity contribution in [3.63, 3.8) is 0 Å². The summed E-state index contributed by atoms with van der Waals surface area (Å²) in [7, 11) is 0. The molecule has 1 saturated carbocycles. The molecule has 1 aromatic carbocycles. The van der Waals surface area contributed by atoms with Gasteiger partial charge in [-0.3, -0.25) is 4.79 Å². The van der Waals surface area contributed by atoms with Crippen LogP contribution in [-0.4, -0.2) is 37.0 Å². The molecule has 1 saturated heterocycles. The molecule has 1 N–H and O–H groups in total. The molecule has 1 aliphatic heterocycles. The monoisotopic (exact) mass is 288 g/mol. The molecular weight excluding hydrogens is 264 g/mol. The Morgan fingerprint density at radius 1 is 1.24 bits per heavy atom. The summed E-state index contributed by atoms with van der Waals surface area (Å²) >= 11 is 0. The van der Waals surface area contributed by atoms with Crippen LogP contribution in [0.3, 0.4) is 0 Å². The molecule has 0 spiro atoms. The van der Waals surface area contributed by atoms with Gasteiger partial charge in [0.2, 0.25) is 5.91 Å². The third kappa shape index (κ3) is 3.76. The second kappa shape index (κ2) is 6.48. The van der Waals surface area contributed by atoms with E-state index in [-0.39, 0.29) is 5.91 Å². The summed E-state index contributed by atoms with van der Waals surface area (Å²) in [6.07, 6.45) is 3.96. The van der Waals surface area contributed by atoms with Gasteiger partial charge in [-0.15, -0.1) is 0 Å². The molecule has 2 aliphatic rings. The lowest BCUT2D eigenvalue weighted by atomic mass is 9.77. The van der Waals surface area contributed by atoms with Crippen LogP contribution < -0.4 is 10.1 Å². The number of carbonyl (C=O) groups excluding carboxylic acids is 1. The standard InChI is InChI=1S/C17H24N2O2/c1-13(20)18-16-5-7-17(8-6-16)21-10-2-9-19-11-14-3-4-15(14)12-19/h5-8,14-15H,2-4,9-12H2,1H3,(H,18,20)/t14-,15+. The van der Waals surface area contributed by atoms with Crippen molar-refractivity contribution in [2.45, 2.75) is 26.2 Å². The van der Waals surface area contributed by atoms with E-state index < -0.39 is 0 Å². The van der Waals surface area contributed by atoms with Gasteiger partial charge in [-0.25, -0.2) is 0 Å². The minimum atomic E-state index is -0.0525. The van der Waals surface area contributed by atoms with Crippen LogP contribution >= 0.6 is 0 Å². The molecule has 1 amide bonds. The van der Waals surface area contributed by atoms with E-state index in [1.165, 1.54) is 32.9 Å². The van der Waals surface area contributed by atoms with Gasteiger partial charge in [0.25, 0.3) is 0 Å². The van der Waals surface area contributed by atoms with E-state index in [0.29, 0.717) is 0 Å². The van der Waals surface area contributed by atoms with Gasteiger partial charge >= 0.3 is 0 Å². The number of hydrogen-bond acceptors (Lipinski definition) is 3. The third-order valence-corrected chi connectivity index (χ3v) is 4.62. The number of amides is 1. The SMILES string of the molecule is CC(=O)Nc1ccc(OCCCN2C[C@H]3CC[C@H]3C2)cc1. The fourth-order valence-electron chi connectivity index (χ4n) is 3.36. The van der Waals surface area contributed by atoms with Crippen molar-refractivity contribution in [3.8, 4) is 5.75 Å². The molecule has 2 atom stereocenters. The van der Waals surface area contributed by atoms with Crippen molar-refractivity contribution < 1.29 is 9.53 Å². The largest absolute Gasteiger partial charge is 0.494 e. The average molecular weight is 288 g/mol. The van der Waals surface area contributed by atoms with E-state index in [4.69, 9.17) is 4.74 Å². The maximum atomic E-state index is 10.9. The van der Waals surface area contributed by atoms with E-state index in [0.717, 1.165) is 42.8 Å². The van der Waals surface area contributed by atoms with E-state index in [1.54, 1.807) is 0 Å². The fourth-order valence-corrected chi connectivity index (χ4v) is 3.36. The quantitative estimate of drug-likeness (QED) is 0.818. The topological polar surface area (TPSA) is 41.6 Å². The highest BCUT2D eigenvalue weighted by Crippen LogP contribution is 2.40. The molecular formula is C17H24N2O2.